The third-order valence-corrected chi connectivity index (χ3v) is 4.50. The standard InChI is InChI=1S/C19H13NO5/c1-22-11-3-4-14-12(7-11)17(13-8-23-19(21)18(13)20-14)10-2-5-15-16(6-10)25-9-24-15/h2-7H,8-9H2,1H3. The fraction of sp³-hybridized carbons (Fsp3) is 0.158. The van der Waals surface area contributed by atoms with Gasteiger partial charge in [0.25, 0.3) is 0 Å². The Balaban J connectivity index is 1.84. The van der Waals surface area contributed by atoms with Gasteiger partial charge in [-0.1, -0.05) is 6.07 Å². The quantitative estimate of drug-likeness (QED) is 0.669. The van der Waals surface area contributed by atoms with Gasteiger partial charge < -0.3 is 18.9 Å². The number of carbonyl (C=O) groups is 1. The molecule has 5 rings (SSSR count). The summed E-state index contributed by atoms with van der Waals surface area (Å²) in [4.78, 5) is 16.5. The zero-order valence-corrected chi connectivity index (χ0v) is 13.4. The molecule has 0 atom stereocenters. The molecule has 6 nitrogen and oxygen atoms in total. The fourth-order valence-electron chi connectivity index (χ4n) is 3.31. The number of esters is 1. The van der Waals surface area contributed by atoms with Gasteiger partial charge in [0.2, 0.25) is 6.79 Å². The first-order valence-corrected chi connectivity index (χ1v) is 7.82. The van der Waals surface area contributed by atoms with Crippen molar-refractivity contribution in [3.8, 4) is 28.4 Å². The van der Waals surface area contributed by atoms with Gasteiger partial charge in [-0.25, -0.2) is 9.78 Å². The van der Waals surface area contributed by atoms with E-state index in [4.69, 9.17) is 18.9 Å². The summed E-state index contributed by atoms with van der Waals surface area (Å²) in [6.45, 7) is 0.418. The molecule has 25 heavy (non-hydrogen) atoms. The predicted molar refractivity (Wildman–Crippen MR) is 89.0 cm³/mol. The van der Waals surface area contributed by atoms with Crippen LogP contribution in [0.15, 0.2) is 36.4 Å². The van der Waals surface area contributed by atoms with Crippen molar-refractivity contribution in [2.45, 2.75) is 6.61 Å². The first-order valence-electron chi connectivity index (χ1n) is 7.82. The molecule has 0 fully saturated rings. The van der Waals surface area contributed by atoms with E-state index >= 15 is 0 Å². The molecule has 0 spiro atoms. The first kappa shape index (κ1) is 14.1. The number of methoxy groups -OCH3 is 1. The van der Waals surface area contributed by atoms with Crippen molar-refractivity contribution in [1.29, 1.82) is 0 Å². The van der Waals surface area contributed by atoms with E-state index in [1.54, 1.807) is 7.11 Å². The van der Waals surface area contributed by atoms with E-state index in [1.165, 1.54) is 0 Å². The third kappa shape index (κ3) is 2.04. The van der Waals surface area contributed by atoms with Crippen LogP contribution in [0.25, 0.3) is 22.0 Å². The number of nitrogens with zero attached hydrogens (tertiary/aromatic N) is 1. The highest BCUT2D eigenvalue weighted by Crippen LogP contribution is 2.42. The SMILES string of the molecule is COc1ccc2nc3c(c(-c4ccc5c(c4)OCO5)c2c1)COC3=O. The predicted octanol–water partition coefficient (Wildman–Crippen LogP) is 3.31. The number of aromatic nitrogens is 1. The topological polar surface area (TPSA) is 66.9 Å². The minimum Gasteiger partial charge on any atom is -0.497 e. The van der Waals surface area contributed by atoms with Gasteiger partial charge in [-0.05, 0) is 35.9 Å². The van der Waals surface area contributed by atoms with Crippen LogP contribution >= 0.6 is 0 Å². The van der Waals surface area contributed by atoms with Crippen molar-refractivity contribution in [3.63, 3.8) is 0 Å². The molecule has 0 bridgehead atoms. The number of rotatable bonds is 2. The van der Waals surface area contributed by atoms with Crippen LogP contribution in [0.4, 0.5) is 0 Å². The fourth-order valence-corrected chi connectivity index (χ4v) is 3.31. The number of fused-ring (bicyclic) bond motifs is 3. The van der Waals surface area contributed by atoms with Crippen LogP contribution in [-0.2, 0) is 11.3 Å². The van der Waals surface area contributed by atoms with Crippen molar-refractivity contribution < 1.29 is 23.7 Å². The van der Waals surface area contributed by atoms with Gasteiger partial charge in [-0.15, -0.1) is 0 Å². The van der Waals surface area contributed by atoms with Crippen LogP contribution in [0, 0.1) is 0 Å². The maximum atomic E-state index is 12.0. The highest BCUT2D eigenvalue weighted by Gasteiger charge is 2.29. The van der Waals surface area contributed by atoms with E-state index in [0.29, 0.717) is 22.7 Å². The van der Waals surface area contributed by atoms with E-state index in [-0.39, 0.29) is 13.4 Å². The van der Waals surface area contributed by atoms with E-state index in [2.05, 4.69) is 4.98 Å². The maximum absolute atomic E-state index is 12.0. The molecular weight excluding hydrogens is 322 g/mol. The first-order chi connectivity index (χ1) is 12.2. The molecule has 0 saturated carbocycles. The van der Waals surface area contributed by atoms with Crippen molar-refractivity contribution in [3.05, 3.63) is 47.7 Å². The van der Waals surface area contributed by atoms with Crippen molar-refractivity contribution >= 4 is 16.9 Å². The Hall–Kier alpha value is -3.28. The molecule has 2 aromatic carbocycles. The number of hydrogen-bond acceptors (Lipinski definition) is 6. The lowest BCUT2D eigenvalue weighted by Crippen LogP contribution is -2.00. The van der Waals surface area contributed by atoms with Crippen LogP contribution in [0.1, 0.15) is 16.1 Å². The summed E-state index contributed by atoms with van der Waals surface area (Å²) in [7, 11) is 1.62. The minimum absolute atomic E-state index is 0.206. The molecule has 2 aliphatic heterocycles. The highest BCUT2D eigenvalue weighted by molar-refractivity contribution is 6.04. The van der Waals surface area contributed by atoms with Gasteiger partial charge in [-0.3, -0.25) is 0 Å². The second-order valence-corrected chi connectivity index (χ2v) is 5.84. The van der Waals surface area contributed by atoms with Gasteiger partial charge in [0.05, 0.1) is 12.6 Å². The molecule has 0 unspecified atom stereocenters. The summed E-state index contributed by atoms with van der Waals surface area (Å²) in [5, 5.41) is 0.898. The lowest BCUT2D eigenvalue weighted by Gasteiger charge is -2.12. The molecule has 3 heterocycles. The monoisotopic (exact) mass is 335 g/mol. The van der Waals surface area contributed by atoms with Crippen molar-refractivity contribution in [1.82, 2.24) is 4.98 Å². The lowest BCUT2D eigenvalue weighted by atomic mass is 9.94. The Morgan fingerprint density at radius 2 is 1.92 bits per heavy atom. The van der Waals surface area contributed by atoms with Crippen molar-refractivity contribution in [2.24, 2.45) is 0 Å². The van der Waals surface area contributed by atoms with Gasteiger partial charge in [0.15, 0.2) is 17.2 Å². The molecule has 6 heteroatoms. The summed E-state index contributed by atoms with van der Waals surface area (Å²) >= 11 is 0. The van der Waals surface area contributed by atoms with Crippen LogP contribution in [0.5, 0.6) is 17.2 Å². The highest BCUT2D eigenvalue weighted by atomic mass is 16.7. The van der Waals surface area contributed by atoms with E-state index in [1.807, 2.05) is 36.4 Å². The number of benzene rings is 2. The molecule has 0 saturated heterocycles. The van der Waals surface area contributed by atoms with E-state index in [0.717, 1.165) is 27.8 Å². The molecule has 3 aromatic rings. The number of pyridine rings is 1. The van der Waals surface area contributed by atoms with Crippen LogP contribution in [0.2, 0.25) is 0 Å². The van der Waals surface area contributed by atoms with Gasteiger partial charge >= 0.3 is 5.97 Å². The zero-order chi connectivity index (χ0) is 17.0. The Bertz CT molecular complexity index is 1040. The molecule has 0 N–H and O–H groups in total. The summed E-state index contributed by atoms with van der Waals surface area (Å²) in [5.74, 6) is 1.73. The number of hydrogen-bond donors (Lipinski definition) is 0. The van der Waals surface area contributed by atoms with E-state index in [9.17, 15) is 4.79 Å². The average molecular weight is 335 g/mol. The Morgan fingerprint density at radius 3 is 2.80 bits per heavy atom. The molecule has 2 aliphatic rings. The summed E-state index contributed by atoms with van der Waals surface area (Å²) in [6, 6.07) is 11.3. The minimum atomic E-state index is -0.394. The molecule has 0 radical (unpaired) electrons. The van der Waals surface area contributed by atoms with Gasteiger partial charge in [0, 0.05) is 16.5 Å². The maximum Gasteiger partial charge on any atom is 0.357 e. The normalized spacial score (nSPS) is 14.5. The number of carbonyl (C=O) groups excluding carboxylic acids is 1. The number of ether oxygens (including phenoxy) is 4. The second kappa shape index (κ2) is 5.11. The zero-order valence-electron chi connectivity index (χ0n) is 13.4. The van der Waals surface area contributed by atoms with Gasteiger partial charge in [-0.2, -0.15) is 0 Å². The van der Waals surface area contributed by atoms with Crippen molar-refractivity contribution in [2.75, 3.05) is 13.9 Å². The smallest absolute Gasteiger partial charge is 0.357 e. The molecule has 0 aliphatic carbocycles. The molecule has 0 amide bonds. The van der Waals surface area contributed by atoms with Crippen LogP contribution < -0.4 is 14.2 Å². The molecule has 124 valence electrons. The summed E-state index contributed by atoms with van der Waals surface area (Å²) in [5.41, 5.74) is 3.68. The Kier molecular flexibility index (Phi) is 2.88. The lowest BCUT2D eigenvalue weighted by molar-refractivity contribution is 0.0531. The van der Waals surface area contributed by atoms with Crippen LogP contribution in [0.3, 0.4) is 0 Å². The average Bonchev–Trinajstić information content (AvgIpc) is 3.25. The largest absolute Gasteiger partial charge is 0.497 e. The Labute approximate surface area is 142 Å². The second-order valence-electron chi connectivity index (χ2n) is 5.84. The van der Waals surface area contributed by atoms with Crippen LogP contribution in [-0.4, -0.2) is 24.9 Å². The third-order valence-electron chi connectivity index (χ3n) is 4.50. The number of cyclic esters (lactones) is 1. The molecular formula is C19H13NO5. The summed E-state index contributed by atoms with van der Waals surface area (Å²) in [6.07, 6.45) is 0. The Morgan fingerprint density at radius 1 is 1.04 bits per heavy atom. The molecule has 1 aromatic heterocycles. The van der Waals surface area contributed by atoms with Gasteiger partial charge in [0.1, 0.15) is 12.4 Å². The van der Waals surface area contributed by atoms with E-state index < -0.39 is 5.97 Å². The summed E-state index contributed by atoms with van der Waals surface area (Å²) < 4.78 is 21.5.